The Morgan fingerprint density at radius 2 is 2.05 bits per heavy atom. The first-order chi connectivity index (χ1) is 9.22. The van der Waals surface area contributed by atoms with Gasteiger partial charge in [-0.2, -0.15) is 0 Å². The summed E-state index contributed by atoms with van der Waals surface area (Å²) in [4.78, 5) is 2.48. The first kappa shape index (κ1) is 14.4. The summed E-state index contributed by atoms with van der Waals surface area (Å²) >= 11 is 0. The van der Waals surface area contributed by atoms with E-state index in [4.69, 9.17) is 10.5 Å². The predicted octanol–water partition coefficient (Wildman–Crippen LogP) is 2.22. The van der Waals surface area contributed by atoms with E-state index in [1.54, 1.807) is 7.11 Å². The number of piperidine rings is 1. The SMILES string of the molecule is COc1ccc(CC2CCN(CCN)CC2)cc1C. The zero-order chi connectivity index (χ0) is 13.7. The first-order valence-corrected chi connectivity index (χ1v) is 7.29. The molecule has 1 aliphatic rings. The summed E-state index contributed by atoms with van der Waals surface area (Å²) in [7, 11) is 1.73. The van der Waals surface area contributed by atoms with Gasteiger partial charge in [0.2, 0.25) is 0 Å². The summed E-state index contributed by atoms with van der Waals surface area (Å²) in [6, 6.07) is 6.57. The highest BCUT2D eigenvalue weighted by Gasteiger charge is 2.18. The maximum Gasteiger partial charge on any atom is 0.121 e. The normalized spacial score (nSPS) is 17.6. The number of likely N-dealkylation sites (tertiary alicyclic amines) is 1. The number of ether oxygens (including phenoxy) is 1. The fourth-order valence-electron chi connectivity index (χ4n) is 3.00. The number of methoxy groups -OCH3 is 1. The average Bonchev–Trinajstić information content (AvgIpc) is 2.42. The van der Waals surface area contributed by atoms with E-state index in [9.17, 15) is 0 Å². The van der Waals surface area contributed by atoms with E-state index < -0.39 is 0 Å². The average molecular weight is 262 g/mol. The van der Waals surface area contributed by atoms with Crippen LogP contribution in [0.1, 0.15) is 24.0 Å². The Hall–Kier alpha value is -1.06. The fraction of sp³-hybridized carbons (Fsp3) is 0.625. The maximum absolute atomic E-state index is 5.61. The maximum atomic E-state index is 5.61. The minimum absolute atomic E-state index is 0.780. The van der Waals surface area contributed by atoms with Gasteiger partial charge in [-0.3, -0.25) is 0 Å². The van der Waals surface area contributed by atoms with Crippen molar-refractivity contribution in [2.45, 2.75) is 26.2 Å². The summed E-state index contributed by atoms with van der Waals surface area (Å²) in [5, 5.41) is 0. The van der Waals surface area contributed by atoms with Gasteiger partial charge in [-0.15, -0.1) is 0 Å². The van der Waals surface area contributed by atoms with Crippen LogP contribution < -0.4 is 10.5 Å². The molecule has 1 aromatic rings. The molecule has 2 rings (SSSR count). The van der Waals surface area contributed by atoms with Crippen LogP contribution in [0.3, 0.4) is 0 Å². The van der Waals surface area contributed by atoms with Crippen molar-refractivity contribution in [3.63, 3.8) is 0 Å². The molecule has 0 unspecified atom stereocenters. The van der Waals surface area contributed by atoms with Crippen LogP contribution in [0.2, 0.25) is 0 Å². The number of aryl methyl sites for hydroxylation is 1. The van der Waals surface area contributed by atoms with Gasteiger partial charge in [-0.05, 0) is 62.4 Å². The molecule has 1 aliphatic heterocycles. The van der Waals surface area contributed by atoms with Gasteiger partial charge in [0, 0.05) is 13.1 Å². The third kappa shape index (κ3) is 3.95. The van der Waals surface area contributed by atoms with E-state index in [-0.39, 0.29) is 0 Å². The van der Waals surface area contributed by atoms with Gasteiger partial charge < -0.3 is 15.4 Å². The predicted molar refractivity (Wildman–Crippen MR) is 79.7 cm³/mol. The lowest BCUT2D eigenvalue weighted by atomic mass is 9.89. The van der Waals surface area contributed by atoms with Crippen molar-refractivity contribution >= 4 is 0 Å². The van der Waals surface area contributed by atoms with Crippen LogP contribution in [0.5, 0.6) is 5.75 Å². The van der Waals surface area contributed by atoms with Crippen molar-refractivity contribution in [1.29, 1.82) is 0 Å². The first-order valence-electron chi connectivity index (χ1n) is 7.29. The van der Waals surface area contributed by atoms with Crippen LogP contribution in [0.25, 0.3) is 0 Å². The van der Waals surface area contributed by atoms with E-state index in [2.05, 4.69) is 30.0 Å². The van der Waals surface area contributed by atoms with Crippen LogP contribution in [-0.4, -0.2) is 38.2 Å². The molecule has 0 bridgehead atoms. The molecular formula is C16H26N2O. The lowest BCUT2D eigenvalue weighted by Gasteiger charge is -2.31. The summed E-state index contributed by atoms with van der Waals surface area (Å²) in [5.74, 6) is 1.81. The molecule has 106 valence electrons. The Labute approximate surface area is 116 Å². The summed E-state index contributed by atoms with van der Waals surface area (Å²) < 4.78 is 5.31. The molecule has 3 heteroatoms. The van der Waals surface area contributed by atoms with Crippen molar-refractivity contribution in [2.75, 3.05) is 33.3 Å². The van der Waals surface area contributed by atoms with Gasteiger partial charge >= 0.3 is 0 Å². The van der Waals surface area contributed by atoms with Crippen LogP contribution in [0.15, 0.2) is 18.2 Å². The highest BCUT2D eigenvalue weighted by molar-refractivity contribution is 5.36. The minimum Gasteiger partial charge on any atom is -0.496 e. The highest BCUT2D eigenvalue weighted by Crippen LogP contribution is 2.24. The largest absolute Gasteiger partial charge is 0.496 e. The van der Waals surface area contributed by atoms with E-state index in [1.807, 2.05) is 0 Å². The van der Waals surface area contributed by atoms with Gasteiger partial charge in [0.25, 0.3) is 0 Å². The number of rotatable bonds is 5. The third-order valence-electron chi connectivity index (χ3n) is 4.14. The van der Waals surface area contributed by atoms with Gasteiger partial charge in [0.05, 0.1) is 7.11 Å². The van der Waals surface area contributed by atoms with E-state index in [0.717, 1.165) is 24.8 Å². The Morgan fingerprint density at radius 1 is 1.32 bits per heavy atom. The van der Waals surface area contributed by atoms with Crippen molar-refractivity contribution in [3.8, 4) is 5.75 Å². The molecule has 2 N–H and O–H groups in total. The molecule has 0 radical (unpaired) electrons. The molecule has 1 fully saturated rings. The van der Waals surface area contributed by atoms with Crippen molar-refractivity contribution in [3.05, 3.63) is 29.3 Å². The Balaban J connectivity index is 1.87. The molecule has 0 spiro atoms. The van der Waals surface area contributed by atoms with E-state index in [1.165, 1.54) is 43.5 Å². The molecule has 1 aromatic carbocycles. The van der Waals surface area contributed by atoms with Crippen LogP contribution in [-0.2, 0) is 6.42 Å². The molecule has 3 nitrogen and oxygen atoms in total. The van der Waals surface area contributed by atoms with E-state index >= 15 is 0 Å². The Bertz CT molecular complexity index is 398. The molecule has 0 atom stereocenters. The Morgan fingerprint density at radius 3 is 2.63 bits per heavy atom. The number of nitrogens with zero attached hydrogens (tertiary/aromatic N) is 1. The standard InChI is InChI=1S/C16H26N2O/c1-13-11-15(3-4-16(13)19-2)12-14-5-8-18(9-6-14)10-7-17/h3-4,11,14H,5-10,12,17H2,1-2H3. The minimum atomic E-state index is 0.780. The molecule has 1 heterocycles. The molecule has 0 amide bonds. The van der Waals surface area contributed by atoms with Gasteiger partial charge in [-0.25, -0.2) is 0 Å². The number of benzene rings is 1. The quantitative estimate of drug-likeness (QED) is 0.884. The second-order valence-electron chi connectivity index (χ2n) is 5.58. The molecule has 0 aliphatic carbocycles. The molecular weight excluding hydrogens is 236 g/mol. The second-order valence-corrected chi connectivity index (χ2v) is 5.58. The zero-order valence-corrected chi connectivity index (χ0v) is 12.2. The van der Waals surface area contributed by atoms with Crippen LogP contribution in [0, 0.1) is 12.8 Å². The summed E-state index contributed by atoms with van der Waals surface area (Å²) in [6.07, 6.45) is 3.79. The van der Waals surface area contributed by atoms with Gasteiger partial charge in [0.15, 0.2) is 0 Å². The molecule has 0 aromatic heterocycles. The van der Waals surface area contributed by atoms with Crippen molar-refractivity contribution < 1.29 is 4.74 Å². The van der Waals surface area contributed by atoms with E-state index in [0.29, 0.717) is 0 Å². The summed E-state index contributed by atoms with van der Waals surface area (Å²) in [5.41, 5.74) is 8.29. The fourth-order valence-corrected chi connectivity index (χ4v) is 3.00. The number of hydrogen-bond donors (Lipinski definition) is 1. The lowest BCUT2D eigenvalue weighted by Crippen LogP contribution is -2.37. The Kier molecular flexibility index (Phi) is 5.23. The highest BCUT2D eigenvalue weighted by atomic mass is 16.5. The molecule has 1 saturated heterocycles. The van der Waals surface area contributed by atoms with Crippen molar-refractivity contribution in [2.24, 2.45) is 11.7 Å². The topological polar surface area (TPSA) is 38.5 Å². The van der Waals surface area contributed by atoms with Crippen LogP contribution in [0.4, 0.5) is 0 Å². The smallest absolute Gasteiger partial charge is 0.121 e. The molecule has 19 heavy (non-hydrogen) atoms. The monoisotopic (exact) mass is 262 g/mol. The van der Waals surface area contributed by atoms with Gasteiger partial charge in [0.1, 0.15) is 5.75 Å². The number of hydrogen-bond acceptors (Lipinski definition) is 3. The third-order valence-corrected chi connectivity index (χ3v) is 4.14. The summed E-state index contributed by atoms with van der Waals surface area (Å²) in [6.45, 7) is 6.36. The van der Waals surface area contributed by atoms with Gasteiger partial charge in [-0.1, -0.05) is 12.1 Å². The zero-order valence-electron chi connectivity index (χ0n) is 12.2. The van der Waals surface area contributed by atoms with Crippen LogP contribution >= 0.6 is 0 Å². The number of nitrogens with two attached hydrogens (primary N) is 1. The lowest BCUT2D eigenvalue weighted by molar-refractivity contribution is 0.188. The van der Waals surface area contributed by atoms with Crippen molar-refractivity contribution in [1.82, 2.24) is 4.90 Å². The molecule has 0 saturated carbocycles. The second kappa shape index (κ2) is 6.92.